The molecule has 1 aliphatic carbocycles. The van der Waals surface area contributed by atoms with Crippen LogP contribution in [0, 0.1) is 0 Å². The molecule has 3 aromatic rings. The zero-order chi connectivity index (χ0) is 18.3. The van der Waals surface area contributed by atoms with E-state index in [0.29, 0.717) is 18.3 Å². The molecule has 0 amide bonds. The molecule has 1 spiro atoms. The number of fused-ring (bicyclic) bond motifs is 2. The van der Waals surface area contributed by atoms with Gasteiger partial charge in [0.15, 0.2) is 0 Å². The van der Waals surface area contributed by atoms with Crippen LogP contribution >= 0.6 is 0 Å². The van der Waals surface area contributed by atoms with E-state index in [1.54, 1.807) is 0 Å². The van der Waals surface area contributed by atoms with Crippen molar-refractivity contribution in [1.29, 1.82) is 0 Å². The first-order valence-corrected chi connectivity index (χ1v) is 9.61. The monoisotopic (exact) mass is 361 g/mol. The average molecular weight is 361 g/mol. The van der Waals surface area contributed by atoms with Crippen molar-refractivity contribution in [2.75, 3.05) is 13.1 Å². The molecule has 0 unspecified atom stereocenters. The molecule has 2 aromatic carbocycles. The number of hydrogen-bond donors (Lipinski definition) is 1. The highest BCUT2D eigenvalue weighted by Crippen LogP contribution is 2.46. The van der Waals surface area contributed by atoms with E-state index in [1.165, 1.54) is 11.1 Å². The Morgan fingerprint density at radius 2 is 1.74 bits per heavy atom. The molecule has 1 atom stereocenters. The van der Waals surface area contributed by atoms with Crippen LogP contribution in [0.2, 0.25) is 0 Å². The Balaban J connectivity index is 1.28. The first kappa shape index (κ1) is 16.7. The summed E-state index contributed by atoms with van der Waals surface area (Å²) in [5.74, 6) is 1.22. The summed E-state index contributed by atoms with van der Waals surface area (Å²) in [4.78, 5) is 2.35. The third kappa shape index (κ3) is 2.87. The number of benzene rings is 2. The Morgan fingerprint density at radius 1 is 1.00 bits per heavy atom. The molecule has 1 N–H and O–H groups in total. The van der Waals surface area contributed by atoms with Gasteiger partial charge in [-0.2, -0.15) is 0 Å². The van der Waals surface area contributed by atoms with E-state index in [4.69, 9.17) is 4.42 Å². The van der Waals surface area contributed by atoms with Crippen LogP contribution in [0.25, 0.3) is 11.5 Å². The van der Waals surface area contributed by atoms with E-state index in [1.807, 2.05) is 30.3 Å². The zero-order valence-electron chi connectivity index (χ0n) is 15.2. The van der Waals surface area contributed by atoms with Crippen LogP contribution in [-0.2, 0) is 18.4 Å². The number of aromatic nitrogens is 2. The van der Waals surface area contributed by atoms with Crippen molar-refractivity contribution >= 4 is 0 Å². The zero-order valence-corrected chi connectivity index (χ0v) is 15.2. The predicted octanol–water partition coefficient (Wildman–Crippen LogP) is 3.19. The molecule has 2 aliphatic rings. The van der Waals surface area contributed by atoms with Crippen molar-refractivity contribution in [2.45, 2.75) is 37.3 Å². The molecule has 138 valence electrons. The maximum atomic E-state index is 10.8. The summed E-state index contributed by atoms with van der Waals surface area (Å²) in [6, 6.07) is 18.4. The molecular weight excluding hydrogens is 338 g/mol. The summed E-state index contributed by atoms with van der Waals surface area (Å²) in [5.41, 5.74) is 3.51. The smallest absolute Gasteiger partial charge is 0.247 e. The molecular formula is C22H23N3O2. The van der Waals surface area contributed by atoms with Crippen LogP contribution in [0.3, 0.4) is 0 Å². The number of piperidine rings is 1. The first-order valence-electron chi connectivity index (χ1n) is 9.61. The lowest BCUT2D eigenvalue weighted by atomic mass is 9.72. The van der Waals surface area contributed by atoms with Gasteiger partial charge in [-0.05, 0) is 55.6 Å². The molecule has 5 heteroatoms. The number of aliphatic hydroxyl groups is 1. The molecule has 5 nitrogen and oxygen atoms in total. The molecule has 2 heterocycles. The second kappa shape index (κ2) is 6.59. The number of hydrogen-bond acceptors (Lipinski definition) is 5. The van der Waals surface area contributed by atoms with Gasteiger partial charge in [0.1, 0.15) is 0 Å². The predicted molar refractivity (Wildman–Crippen MR) is 102 cm³/mol. The van der Waals surface area contributed by atoms with E-state index in [-0.39, 0.29) is 11.5 Å². The fraction of sp³-hybridized carbons (Fsp3) is 0.364. The second-order valence-electron chi connectivity index (χ2n) is 7.68. The van der Waals surface area contributed by atoms with Crippen molar-refractivity contribution in [1.82, 2.24) is 15.1 Å². The number of likely N-dealkylation sites (tertiary alicyclic amines) is 1. The Kier molecular flexibility index (Phi) is 4.06. The minimum Gasteiger partial charge on any atom is -0.419 e. The fourth-order valence-electron chi connectivity index (χ4n) is 4.69. The SMILES string of the molecule is O[C@@H]1Cc2ccccc2C12CCN(Cc1nnc(-c3ccccc3)o1)CC2. The summed E-state index contributed by atoms with van der Waals surface area (Å²) >= 11 is 0. The van der Waals surface area contributed by atoms with Crippen LogP contribution in [0.5, 0.6) is 0 Å². The summed E-state index contributed by atoms with van der Waals surface area (Å²) in [7, 11) is 0. The largest absolute Gasteiger partial charge is 0.419 e. The number of rotatable bonds is 3. The van der Waals surface area contributed by atoms with Crippen LogP contribution in [0.15, 0.2) is 59.0 Å². The van der Waals surface area contributed by atoms with E-state index in [2.05, 4.69) is 39.4 Å². The molecule has 27 heavy (non-hydrogen) atoms. The lowest BCUT2D eigenvalue weighted by molar-refractivity contribution is 0.0392. The summed E-state index contributed by atoms with van der Waals surface area (Å²) in [5, 5.41) is 19.2. The summed E-state index contributed by atoms with van der Waals surface area (Å²) in [6.45, 7) is 2.51. The van der Waals surface area contributed by atoms with Gasteiger partial charge >= 0.3 is 0 Å². The molecule has 1 aliphatic heterocycles. The number of aliphatic hydroxyl groups excluding tert-OH is 1. The molecule has 0 radical (unpaired) electrons. The maximum Gasteiger partial charge on any atom is 0.247 e. The van der Waals surface area contributed by atoms with Crippen LogP contribution in [-0.4, -0.2) is 39.4 Å². The van der Waals surface area contributed by atoms with Gasteiger partial charge in [0, 0.05) is 11.0 Å². The van der Waals surface area contributed by atoms with E-state index in [9.17, 15) is 5.11 Å². The van der Waals surface area contributed by atoms with Gasteiger partial charge in [0.2, 0.25) is 11.8 Å². The Bertz CT molecular complexity index is 929. The highest BCUT2D eigenvalue weighted by atomic mass is 16.4. The molecule has 1 aromatic heterocycles. The molecule has 1 saturated heterocycles. The van der Waals surface area contributed by atoms with Gasteiger partial charge in [-0.25, -0.2) is 0 Å². The minimum absolute atomic E-state index is 0.0862. The standard InChI is InChI=1S/C22H23N3O2/c26-19-14-17-8-4-5-9-18(17)22(19)10-12-25(13-11-22)15-20-23-24-21(27-20)16-6-2-1-3-7-16/h1-9,19,26H,10-15H2/t19-/m1/s1. The van der Waals surface area contributed by atoms with Crippen molar-refractivity contribution in [2.24, 2.45) is 0 Å². The van der Waals surface area contributed by atoms with E-state index >= 15 is 0 Å². The Morgan fingerprint density at radius 3 is 2.56 bits per heavy atom. The van der Waals surface area contributed by atoms with Gasteiger partial charge in [-0.15, -0.1) is 10.2 Å². The maximum absolute atomic E-state index is 10.8. The Hall–Kier alpha value is -2.50. The third-order valence-electron chi connectivity index (χ3n) is 6.20. The summed E-state index contributed by atoms with van der Waals surface area (Å²) < 4.78 is 5.85. The molecule has 1 fully saturated rings. The molecule has 5 rings (SSSR count). The molecule has 0 saturated carbocycles. The van der Waals surface area contributed by atoms with E-state index in [0.717, 1.165) is 37.9 Å². The van der Waals surface area contributed by atoms with Gasteiger partial charge < -0.3 is 9.52 Å². The van der Waals surface area contributed by atoms with Gasteiger partial charge in [0.25, 0.3) is 0 Å². The van der Waals surface area contributed by atoms with E-state index < -0.39 is 0 Å². The highest BCUT2D eigenvalue weighted by molar-refractivity contribution is 5.51. The Labute approximate surface area is 158 Å². The lowest BCUT2D eigenvalue weighted by Crippen LogP contribution is -2.47. The van der Waals surface area contributed by atoms with Crippen molar-refractivity contribution < 1.29 is 9.52 Å². The lowest BCUT2D eigenvalue weighted by Gasteiger charge is -2.41. The summed E-state index contributed by atoms with van der Waals surface area (Å²) in [6.07, 6.45) is 2.43. The van der Waals surface area contributed by atoms with Gasteiger partial charge in [-0.1, -0.05) is 42.5 Å². The second-order valence-corrected chi connectivity index (χ2v) is 7.68. The van der Waals surface area contributed by atoms with Gasteiger partial charge in [-0.3, -0.25) is 4.90 Å². The molecule has 0 bridgehead atoms. The topological polar surface area (TPSA) is 62.4 Å². The van der Waals surface area contributed by atoms with Crippen molar-refractivity contribution in [3.63, 3.8) is 0 Å². The van der Waals surface area contributed by atoms with Gasteiger partial charge in [0.05, 0.1) is 12.6 Å². The quantitative estimate of drug-likeness (QED) is 0.776. The first-order chi connectivity index (χ1) is 13.2. The fourth-order valence-corrected chi connectivity index (χ4v) is 4.69. The van der Waals surface area contributed by atoms with Crippen LogP contribution < -0.4 is 0 Å². The van der Waals surface area contributed by atoms with Crippen molar-refractivity contribution in [3.8, 4) is 11.5 Å². The average Bonchev–Trinajstić information content (AvgIpc) is 3.28. The number of nitrogens with zero attached hydrogens (tertiary/aromatic N) is 3. The van der Waals surface area contributed by atoms with Crippen molar-refractivity contribution in [3.05, 3.63) is 71.6 Å². The highest BCUT2D eigenvalue weighted by Gasteiger charge is 2.47. The normalized spacial score (nSPS) is 21.4. The van der Waals surface area contributed by atoms with Crippen LogP contribution in [0.4, 0.5) is 0 Å². The third-order valence-corrected chi connectivity index (χ3v) is 6.20. The van der Waals surface area contributed by atoms with Crippen LogP contribution in [0.1, 0.15) is 29.9 Å². The minimum atomic E-state index is -0.273.